The summed E-state index contributed by atoms with van der Waals surface area (Å²) >= 11 is 1.61. The minimum Gasteiger partial charge on any atom is -0.459 e. The first kappa shape index (κ1) is 15.8. The lowest BCUT2D eigenvalue weighted by Gasteiger charge is -2.19. The Kier molecular flexibility index (Phi) is 5.61. The molecule has 1 saturated heterocycles. The molecule has 0 N–H and O–H groups in total. The van der Waals surface area contributed by atoms with E-state index < -0.39 is 11.9 Å². The van der Waals surface area contributed by atoms with Crippen molar-refractivity contribution in [1.29, 1.82) is 0 Å². The number of benzene rings is 1. The average molecular weight is 311 g/mol. The van der Waals surface area contributed by atoms with Crippen LogP contribution in [0.5, 0.6) is 0 Å². The number of halogens is 1. The van der Waals surface area contributed by atoms with Gasteiger partial charge in [0.05, 0.1) is 6.61 Å². The number of hydrogen-bond acceptors (Lipinski definition) is 4. The van der Waals surface area contributed by atoms with E-state index in [0.29, 0.717) is 30.8 Å². The molecule has 1 aliphatic rings. The zero-order valence-corrected chi connectivity index (χ0v) is 12.7. The fourth-order valence-corrected chi connectivity index (χ4v) is 3.53. The van der Waals surface area contributed by atoms with Crippen LogP contribution in [-0.4, -0.2) is 42.2 Å². The van der Waals surface area contributed by atoms with Crippen LogP contribution in [0.15, 0.2) is 24.3 Å². The molecular formula is C15H18FNO3S. The Morgan fingerprint density at radius 2 is 2.14 bits per heavy atom. The predicted molar refractivity (Wildman–Crippen MR) is 79.4 cm³/mol. The van der Waals surface area contributed by atoms with Gasteiger partial charge in [0.15, 0.2) is 0 Å². The van der Waals surface area contributed by atoms with E-state index >= 15 is 0 Å². The van der Waals surface area contributed by atoms with Gasteiger partial charge in [0.1, 0.15) is 5.82 Å². The molecule has 1 amide bonds. The fraction of sp³-hybridized carbons (Fsp3) is 0.467. The Labute approximate surface area is 127 Å². The van der Waals surface area contributed by atoms with Crippen LogP contribution >= 0.6 is 11.8 Å². The molecule has 0 bridgehead atoms. The molecular weight excluding hydrogens is 293 g/mol. The maximum atomic E-state index is 13.8. The van der Waals surface area contributed by atoms with Crippen LogP contribution < -0.4 is 0 Å². The summed E-state index contributed by atoms with van der Waals surface area (Å²) in [4.78, 5) is 24.9. The zero-order chi connectivity index (χ0) is 15.2. The maximum Gasteiger partial charge on any atom is 0.397 e. The van der Waals surface area contributed by atoms with Gasteiger partial charge in [-0.2, -0.15) is 11.8 Å². The topological polar surface area (TPSA) is 46.6 Å². The van der Waals surface area contributed by atoms with E-state index in [1.54, 1.807) is 30.8 Å². The number of thioether (sulfide) groups is 1. The minimum atomic E-state index is -0.813. The molecule has 0 aromatic heterocycles. The quantitative estimate of drug-likeness (QED) is 0.621. The molecule has 4 nitrogen and oxygen atoms in total. The molecule has 0 saturated carbocycles. The van der Waals surface area contributed by atoms with Crippen LogP contribution in [0.4, 0.5) is 4.39 Å². The molecule has 114 valence electrons. The van der Waals surface area contributed by atoms with Gasteiger partial charge < -0.3 is 9.64 Å². The molecule has 1 atom stereocenters. The molecule has 0 spiro atoms. The molecule has 1 fully saturated rings. The molecule has 2 rings (SSSR count). The second-order valence-electron chi connectivity index (χ2n) is 4.68. The summed E-state index contributed by atoms with van der Waals surface area (Å²) in [6.07, 6.45) is 0.622. The van der Waals surface area contributed by atoms with Gasteiger partial charge in [-0.1, -0.05) is 18.2 Å². The molecule has 21 heavy (non-hydrogen) atoms. The molecule has 1 heterocycles. The monoisotopic (exact) mass is 311 g/mol. The number of carbonyl (C=O) groups is 2. The summed E-state index contributed by atoms with van der Waals surface area (Å²) in [5.41, 5.74) is 0.660. The average Bonchev–Trinajstić information content (AvgIpc) is 2.73. The third-order valence-corrected chi connectivity index (χ3v) is 4.64. The minimum absolute atomic E-state index is 0.00574. The third-order valence-electron chi connectivity index (χ3n) is 3.33. The number of hydrogen-bond donors (Lipinski definition) is 0. The molecule has 1 aromatic rings. The van der Waals surface area contributed by atoms with Crippen LogP contribution in [0.3, 0.4) is 0 Å². The lowest BCUT2D eigenvalue weighted by atomic mass is 10.1. The van der Waals surface area contributed by atoms with Crippen LogP contribution in [0.1, 0.15) is 24.2 Å². The Bertz CT molecular complexity index is 523. The number of carbonyl (C=O) groups excluding carboxylic acids is 2. The van der Waals surface area contributed by atoms with Crippen molar-refractivity contribution < 1.29 is 18.7 Å². The summed E-state index contributed by atoms with van der Waals surface area (Å²) in [7, 11) is 0. The van der Waals surface area contributed by atoms with Gasteiger partial charge in [0.25, 0.3) is 0 Å². The van der Waals surface area contributed by atoms with Crippen LogP contribution in [0, 0.1) is 5.82 Å². The Morgan fingerprint density at radius 1 is 1.38 bits per heavy atom. The van der Waals surface area contributed by atoms with Crippen LogP contribution in [-0.2, 0) is 14.3 Å². The van der Waals surface area contributed by atoms with E-state index in [-0.39, 0.29) is 17.7 Å². The molecule has 1 unspecified atom stereocenters. The van der Waals surface area contributed by atoms with Crippen molar-refractivity contribution in [3.63, 3.8) is 0 Å². The van der Waals surface area contributed by atoms with Gasteiger partial charge in [-0.3, -0.25) is 4.79 Å². The summed E-state index contributed by atoms with van der Waals surface area (Å²) in [5.74, 6) is -0.969. The molecule has 6 heteroatoms. The molecule has 1 aliphatic heterocycles. The van der Waals surface area contributed by atoms with Crippen molar-refractivity contribution in [2.75, 3.05) is 25.4 Å². The normalized spacial score (nSPS) is 19.0. The van der Waals surface area contributed by atoms with Crippen molar-refractivity contribution in [3.05, 3.63) is 35.6 Å². The molecule has 1 aromatic carbocycles. The van der Waals surface area contributed by atoms with Gasteiger partial charge in [0.2, 0.25) is 0 Å². The summed E-state index contributed by atoms with van der Waals surface area (Å²) < 4.78 is 18.6. The Morgan fingerprint density at radius 3 is 2.86 bits per heavy atom. The lowest BCUT2D eigenvalue weighted by molar-refractivity contribution is -0.159. The summed E-state index contributed by atoms with van der Waals surface area (Å²) in [6.45, 7) is 2.76. The van der Waals surface area contributed by atoms with Gasteiger partial charge in [-0.05, 0) is 19.4 Å². The summed E-state index contributed by atoms with van der Waals surface area (Å²) in [5, 5.41) is 0.00574. The van der Waals surface area contributed by atoms with E-state index in [2.05, 4.69) is 0 Å². The second kappa shape index (κ2) is 7.45. The number of ether oxygens (including phenoxy) is 1. The third kappa shape index (κ3) is 3.97. The number of amides is 1. The van der Waals surface area contributed by atoms with Crippen molar-refractivity contribution in [1.82, 2.24) is 4.90 Å². The molecule has 0 radical (unpaired) electrons. The van der Waals surface area contributed by atoms with E-state index in [1.807, 2.05) is 6.07 Å². The van der Waals surface area contributed by atoms with Gasteiger partial charge >= 0.3 is 11.9 Å². The first-order valence-corrected chi connectivity index (χ1v) is 8.00. The van der Waals surface area contributed by atoms with Crippen molar-refractivity contribution >= 4 is 23.6 Å². The highest BCUT2D eigenvalue weighted by Gasteiger charge is 2.27. The lowest BCUT2D eigenvalue weighted by Crippen LogP contribution is -2.39. The van der Waals surface area contributed by atoms with Crippen molar-refractivity contribution in [2.24, 2.45) is 0 Å². The van der Waals surface area contributed by atoms with Crippen molar-refractivity contribution in [3.8, 4) is 0 Å². The Balaban J connectivity index is 2.01. The van der Waals surface area contributed by atoms with Crippen LogP contribution in [0.2, 0.25) is 0 Å². The first-order valence-electron chi connectivity index (χ1n) is 6.95. The highest BCUT2D eigenvalue weighted by Crippen LogP contribution is 2.35. The first-order chi connectivity index (χ1) is 10.1. The number of rotatable bonds is 2. The standard InChI is InChI=1S/C15H18FNO3S/c1-2-20-15(19)14(18)17-8-7-13(21-10-9-17)11-5-3-4-6-12(11)16/h3-6,13H,2,7-10H2,1H3. The van der Waals surface area contributed by atoms with E-state index in [1.165, 1.54) is 11.0 Å². The molecule has 0 aliphatic carbocycles. The SMILES string of the molecule is CCOC(=O)C(=O)N1CCSC(c2ccccc2F)CC1. The van der Waals surface area contributed by atoms with Gasteiger partial charge in [-0.15, -0.1) is 0 Å². The van der Waals surface area contributed by atoms with Crippen molar-refractivity contribution in [2.45, 2.75) is 18.6 Å². The number of esters is 1. The van der Waals surface area contributed by atoms with Crippen LogP contribution in [0.25, 0.3) is 0 Å². The maximum absolute atomic E-state index is 13.8. The van der Waals surface area contributed by atoms with Gasteiger partial charge in [0, 0.05) is 29.7 Å². The van der Waals surface area contributed by atoms with E-state index in [4.69, 9.17) is 4.74 Å². The highest BCUT2D eigenvalue weighted by atomic mass is 32.2. The predicted octanol–water partition coefficient (Wildman–Crippen LogP) is 2.40. The summed E-state index contributed by atoms with van der Waals surface area (Å²) in [6, 6.07) is 6.69. The van der Waals surface area contributed by atoms with E-state index in [9.17, 15) is 14.0 Å². The largest absolute Gasteiger partial charge is 0.459 e. The second-order valence-corrected chi connectivity index (χ2v) is 5.99. The smallest absolute Gasteiger partial charge is 0.397 e. The fourth-order valence-electron chi connectivity index (χ4n) is 2.28. The Hall–Kier alpha value is -1.56. The van der Waals surface area contributed by atoms with E-state index in [0.717, 1.165) is 0 Å². The van der Waals surface area contributed by atoms with Gasteiger partial charge in [-0.25, -0.2) is 9.18 Å². The zero-order valence-electron chi connectivity index (χ0n) is 11.9. The number of nitrogens with zero attached hydrogens (tertiary/aromatic N) is 1. The highest BCUT2D eigenvalue weighted by molar-refractivity contribution is 7.99.